The van der Waals surface area contributed by atoms with Gasteiger partial charge in [0.05, 0.1) is 24.1 Å². The smallest absolute Gasteiger partial charge is 0.327 e. The van der Waals surface area contributed by atoms with Crippen molar-refractivity contribution in [2.75, 3.05) is 11.5 Å². The van der Waals surface area contributed by atoms with Crippen LogP contribution in [0.15, 0.2) is 48.5 Å². The number of benzene rings is 2. The van der Waals surface area contributed by atoms with Crippen LogP contribution in [0, 0.1) is 18.8 Å². The summed E-state index contributed by atoms with van der Waals surface area (Å²) in [6.45, 7) is 7.22. The van der Waals surface area contributed by atoms with Gasteiger partial charge in [0, 0.05) is 11.6 Å². The van der Waals surface area contributed by atoms with Crippen molar-refractivity contribution in [1.29, 1.82) is 0 Å². The van der Waals surface area contributed by atoms with Crippen LogP contribution in [0.25, 0.3) is 0 Å². The molecule has 178 valence electrons. The maximum atomic E-state index is 13.9. The fraction of sp³-hybridized carbons (Fsp3) is 0.407. The van der Waals surface area contributed by atoms with Crippen LogP contribution in [0.4, 0.5) is 5.69 Å². The van der Waals surface area contributed by atoms with E-state index in [-0.39, 0.29) is 18.3 Å². The summed E-state index contributed by atoms with van der Waals surface area (Å²) in [4.78, 5) is 54.3. The van der Waals surface area contributed by atoms with Crippen LogP contribution in [0.2, 0.25) is 0 Å². The van der Waals surface area contributed by atoms with E-state index in [0.717, 1.165) is 16.0 Å². The Hall–Kier alpha value is -3.32. The van der Waals surface area contributed by atoms with Crippen LogP contribution in [0.1, 0.15) is 61.1 Å². The van der Waals surface area contributed by atoms with E-state index in [4.69, 9.17) is 4.74 Å². The van der Waals surface area contributed by atoms with Crippen LogP contribution in [-0.4, -0.2) is 35.7 Å². The number of nitrogens with one attached hydrogen (secondary N) is 1. The summed E-state index contributed by atoms with van der Waals surface area (Å²) in [7, 11) is 0. The third kappa shape index (κ3) is 3.64. The topological polar surface area (TPSA) is 92.8 Å². The van der Waals surface area contributed by atoms with Crippen molar-refractivity contribution in [3.8, 4) is 0 Å². The van der Waals surface area contributed by atoms with E-state index in [0.29, 0.717) is 24.1 Å². The van der Waals surface area contributed by atoms with Crippen molar-refractivity contribution in [3.05, 3.63) is 65.2 Å². The first-order valence-electron chi connectivity index (χ1n) is 11.8. The van der Waals surface area contributed by atoms with Gasteiger partial charge in [-0.1, -0.05) is 49.7 Å². The number of rotatable bonds is 7. The van der Waals surface area contributed by atoms with Crippen LogP contribution in [0.5, 0.6) is 0 Å². The van der Waals surface area contributed by atoms with E-state index in [1.54, 1.807) is 31.2 Å². The molecule has 2 aliphatic heterocycles. The number of ketones is 1. The van der Waals surface area contributed by atoms with Crippen LogP contribution >= 0.6 is 0 Å². The molecule has 0 spiro atoms. The second-order valence-corrected chi connectivity index (χ2v) is 9.04. The molecular formula is C27H30N2O5. The molecule has 2 saturated heterocycles. The number of hydrogen-bond donors (Lipinski definition) is 1. The predicted molar refractivity (Wildman–Crippen MR) is 127 cm³/mol. The Kier molecular flexibility index (Phi) is 6.41. The van der Waals surface area contributed by atoms with Crippen LogP contribution in [-0.2, 0) is 19.1 Å². The minimum atomic E-state index is -1.32. The van der Waals surface area contributed by atoms with E-state index >= 15 is 0 Å². The minimum Gasteiger partial charge on any atom is -0.465 e. The summed E-state index contributed by atoms with van der Waals surface area (Å²) < 4.78 is 5.45. The Morgan fingerprint density at radius 3 is 2.44 bits per heavy atom. The molecule has 0 unspecified atom stereocenters. The van der Waals surface area contributed by atoms with Gasteiger partial charge in [-0.2, -0.15) is 0 Å². The monoisotopic (exact) mass is 462 g/mol. The van der Waals surface area contributed by atoms with E-state index in [1.807, 2.05) is 38.1 Å². The number of ether oxygens (including phenoxy) is 1. The zero-order valence-electron chi connectivity index (χ0n) is 20.0. The molecule has 2 aliphatic rings. The van der Waals surface area contributed by atoms with Gasteiger partial charge >= 0.3 is 5.97 Å². The van der Waals surface area contributed by atoms with Crippen molar-refractivity contribution in [1.82, 2.24) is 5.32 Å². The molecule has 4 rings (SSSR count). The van der Waals surface area contributed by atoms with Crippen molar-refractivity contribution < 1.29 is 23.9 Å². The minimum absolute atomic E-state index is 0.160. The Bertz CT molecular complexity index is 1160. The van der Waals surface area contributed by atoms with Gasteiger partial charge in [-0.3, -0.25) is 24.5 Å². The van der Waals surface area contributed by atoms with Crippen molar-refractivity contribution in [2.45, 2.75) is 52.1 Å². The molecule has 34 heavy (non-hydrogen) atoms. The Balaban J connectivity index is 1.88. The van der Waals surface area contributed by atoms with Gasteiger partial charge in [-0.05, 0) is 50.5 Å². The zero-order valence-corrected chi connectivity index (χ0v) is 20.0. The van der Waals surface area contributed by atoms with Gasteiger partial charge < -0.3 is 4.74 Å². The van der Waals surface area contributed by atoms with Gasteiger partial charge in [0.25, 0.3) is 0 Å². The zero-order chi connectivity index (χ0) is 24.6. The molecule has 0 aromatic heterocycles. The number of carbonyl (C=O) groups excluding carboxylic acids is 4. The number of fused-ring (bicyclic) bond motifs is 1. The quantitative estimate of drug-likeness (QED) is 0.383. The summed E-state index contributed by atoms with van der Waals surface area (Å²) in [6, 6.07) is 13.7. The number of aryl methyl sites for hydroxylation is 1. The van der Waals surface area contributed by atoms with Crippen LogP contribution < -0.4 is 10.2 Å². The van der Waals surface area contributed by atoms with Gasteiger partial charge in [-0.25, -0.2) is 4.90 Å². The number of anilines is 1. The molecule has 2 aromatic carbocycles. The van der Waals surface area contributed by atoms with E-state index < -0.39 is 35.3 Å². The molecular weight excluding hydrogens is 432 g/mol. The van der Waals surface area contributed by atoms with E-state index in [9.17, 15) is 19.2 Å². The number of imide groups is 1. The van der Waals surface area contributed by atoms with Crippen LogP contribution in [0.3, 0.4) is 0 Å². The third-order valence-corrected chi connectivity index (χ3v) is 6.97. The molecule has 0 bridgehead atoms. The lowest BCUT2D eigenvalue weighted by atomic mass is 9.76. The number of carbonyl (C=O) groups is 4. The molecule has 2 heterocycles. The van der Waals surface area contributed by atoms with Gasteiger partial charge in [-0.15, -0.1) is 0 Å². The average molecular weight is 463 g/mol. The fourth-order valence-corrected chi connectivity index (χ4v) is 5.50. The standard InChI is InChI=1S/C27H30N2O5/c1-5-14-27(26(33)34-6-2)22-21(23(28-27)20-13-8-7-10-16(20)3)24(31)29(25(22)32)19-12-9-11-18(15-19)17(4)30/h7-13,15,21-23,28H,5-6,14H2,1-4H3/t21-,22-,23+,27-/m0/s1. The van der Waals surface area contributed by atoms with Crippen molar-refractivity contribution in [3.63, 3.8) is 0 Å². The number of hydrogen-bond acceptors (Lipinski definition) is 6. The first-order valence-corrected chi connectivity index (χ1v) is 11.8. The van der Waals surface area contributed by atoms with E-state index in [2.05, 4.69) is 5.32 Å². The predicted octanol–water partition coefficient (Wildman–Crippen LogP) is 3.75. The normalized spacial score (nSPS) is 26.0. The summed E-state index contributed by atoms with van der Waals surface area (Å²) in [6.07, 6.45) is 0.979. The lowest BCUT2D eigenvalue weighted by molar-refractivity contribution is -0.155. The SMILES string of the molecule is CCC[C@]1(C(=O)OCC)N[C@H](c2ccccc2C)[C@H]2C(=O)N(c3cccc(C(C)=O)c3)C(=O)[C@H]21. The lowest BCUT2D eigenvalue weighted by Gasteiger charge is -2.33. The molecule has 2 amide bonds. The number of Topliss-reactive ketones (excluding diaryl/α,β-unsaturated/α-hetero) is 1. The Labute approximate surface area is 199 Å². The van der Waals surface area contributed by atoms with Crippen molar-refractivity contribution in [2.24, 2.45) is 11.8 Å². The Morgan fingerprint density at radius 1 is 1.06 bits per heavy atom. The maximum Gasteiger partial charge on any atom is 0.327 e. The largest absolute Gasteiger partial charge is 0.465 e. The molecule has 2 fully saturated rings. The highest BCUT2D eigenvalue weighted by Gasteiger charge is 2.68. The first-order chi connectivity index (χ1) is 16.3. The second-order valence-electron chi connectivity index (χ2n) is 9.04. The average Bonchev–Trinajstić information content (AvgIpc) is 3.29. The molecule has 0 saturated carbocycles. The van der Waals surface area contributed by atoms with Gasteiger partial charge in [0.2, 0.25) is 11.8 Å². The third-order valence-electron chi connectivity index (χ3n) is 6.97. The lowest BCUT2D eigenvalue weighted by Crippen LogP contribution is -2.56. The highest BCUT2D eigenvalue weighted by atomic mass is 16.5. The summed E-state index contributed by atoms with van der Waals surface area (Å²) in [5, 5.41) is 3.41. The molecule has 7 nitrogen and oxygen atoms in total. The summed E-state index contributed by atoms with van der Waals surface area (Å²) in [5.74, 6) is -3.18. The second kappa shape index (κ2) is 9.14. The molecule has 0 aliphatic carbocycles. The molecule has 7 heteroatoms. The van der Waals surface area contributed by atoms with Gasteiger partial charge in [0.15, 0.2) is 5.78 Å². The summed E-state index contributed by atoms with van der Waals surface area (Å²) >= 11 is 0. The number of esters is 1. The first kappa shape index (κ1) is 23.8. The molecule has 4 atom stereocenters. The number of nitrogens with zero attached hydrogens (tertiary/aromatic N) is 1. The van der Waals surface area contributed by atoms with E-state index in [1.165, 1.54) is 6.92 Å². The van der Waals surface area contributed by atoms with Gasteiger partial charge in [0.1, 0.15) is 5.54 Å². The Morgan fingerprint density at radius 2 is 1.79 bits per heavy atom. The van der Waals surface area contributed by atoms with Crippen molar-refractivity contribution >= 4 is 29.3 Å². The number of amides is 2. The summed E-state index contributed by atoms with van der Waals surface area (Å²) in [5.41, 5.74) is 1.28. The fourth-order valence-electron chi connectivity index (χ4n) is 5.50. The maximum absolute atomic E-state index is 13.9. The molecule has 1 N–H and O–H groups in total. The molecule has 0 radical (unpaired) electrons. The highest BCUT2D eigenvalue weighted by Crippen LogP contribution is 2.52. The molecule has 2 aromatic rings. The highest BCUT2D eigenvalue weighted by molar-refractivity contribution is 6.24.